The van der Waals surface area contributed by atoms with Gasteiger partial charge in [-0.25, -0.2) is 0 Å². The van der Waals surface area contributed by atoms with Gasteiger partial charge in [0.05, 0.1) is 11.9 Å². The fourth-order valence-electron chi connectivity index (χ4n) is 3.40. The van der Waals surface area contributed by atoms with Crippen molar-refractivity contribution in [2.45, 2.75) is 77.7 Å². The Hall–Kier alpha value is -0.530. The molecule has 0 aromatic carbocycles. The zero-order valence-electron chi connectivity index (χ0n) is 11.5. The van der Waals surface area contributed by atoms with Crippen molar-refractivity contribution < 1.29 is 0 Å². The highest BCUT2D eigenvalue weighted by Crippen LogP contribution is 2.38. The topological polar surface area (TPSA) is 38.4 Å². The second-order valence-corrected chi connectivity index (χ2v) is 6.64. The van der Waals surface area contributed by atoms with Crippen LogP contribution in [0.15, 0.2) is 4.99 Å². The van der Waals surface area contributed by atoms with Crippen LogP contribution in [0, 0.1) is 11.3 Å². The summed E-state index contributed by atoms with van der Waals surface area (Å²) in [6.07, 6.45) is 11.8. The molecular weight excluding hydrogens is 208 g/mol. The Kier molecular flexibility index (Phi) is 4.11. The van der Waals surface area contributed by atoms with Gasteiger partial charge in [0, 0.05) is 5.92 Å². The van der Waals surface area contributed by atoms with Gasteiger partial charge >= 0.3 is 0 Å². The first-order chi connectivity index (χ1) is 8.09. The monoisotopic (exact) mass is 236 g/mol. The molecule has 0 bridgehead atoms. The van der Waals surface area contributed by atoms with E-state index in [0.717, 1.165) is 5.84 Å². The van der Waals surface area contributed by atoms with Crippen LogP contribution in [-0.2, 0) is 0 Å². The standard InChI is InChI=1S/C15H28N2/c1-15(2)11-7-6-10-13(15)17-14(16)12-8-4-3-5-9-12/h12-13H,3-11H2,1-2H3,(H2,16,17). The zero-order chi connectivity index (χ0) is 12.3. The average Bonchev–Trinajstić information content (AvgIpc) is 2.33. The predicted molar refractivity (Wildman–Crippen MR) is 74.2 cm³/mol. The van der Waals surface area contributed by atoms with Crippen LogP contribution in [0.4, 0.5) is 0 Å². The minimum absolute atomic E-state index is 0.359. The highest BCUT2D eigenvalue weighted by molar-refractivity contribution is 5.83. The summed E-state index contributed by atoms with van der Waals surface area (Å²) >= 11 is 0. The van der Waals surface area contributed by atoms with Gasteiger partial charge in [0.1, 0.15) is 0 Å². The van der Waals surface area contributed by atoms with E-state index in [-0.39, 0.29) is 0 Å². The Bertz CT molecular complexity index is 275. The van der Waals surface area contributed by atoms with Gasteiger partial charge in [-0.2, -0.15) is 0 Å². The molecule has 2 aliphatic rings. The minimum atomic E-state index is 0.359. The molecule has 2 aliphatic carbocycles. The lowest BCUT2D eigenvalue weighted by Crippen LogP contribution is -2.35. The van der Waals surface area contributed by atoms with Crippen molar-refractivity contribution in [1.29, 1.82) is 0 Å². The van der Waals surface area contributed by atoms with E-state index in [9.17, 15) is 0 Å². The molecule has 0 saturated heterocycles. The predicted octanol–water partition coefficient (Wildman–Crippen LogP) is 3.89. The van der Waals surface area contributed by atoms with Crippen molar-refractivity contribution in [1.82, 2.24) is 0 Å². The lowest BCUT2D eigenvalue weighted by molar-refractivity contribution is 0.203. The number of amidine groups is 1. The van der Waals surface area contributed by atoms with Crippen LogP contribution >= 0.6 is 0 Å². The van der Waals surface area contributed by atoms with Crippen LogP contribution in [0.3, 0.4) is 0 Å². The summed E-state index contributed by atoms with van der Waals surface area (Å²) in [7, 11) is 0. The van der Waals surface area contributed by atoms with Crippen LogP contribution in [0.25, 0.3) is 0 Å². The second-order valence-electron chi connectivity index (χ2n) is 6.64. The molecule has 0 aliphatic heterocycles. The first-order valence-corrected chi connectivity index (χ1v) is 7.43. The molecule has 0 aromatic rings. The van der Waals surface area contributed by atoms with Crippen molar-refractivity contribution in [2.24, 2.45) is 22.1 Å². The maximum absolute atomic E-state index is 6.25. The fraction of sp³-hybridized carbons (Fsp3) is 0.933. The number of aliphatic imine (C=N–C) groups is 1. The van der Waals surface area contributed by atoms with E-state index in [0.29, 0.717) is 17.4 Å². The quantitative estimate of drug-likeness (QED) is 0.573. The van der Waals surface area contributed by atoms with Crippen molar-refractivity contribution in [3.8, 4) is 0 Å². The van der Waals surface area contributed by atoms with E-state index in [1.165, 1.54) is 57.8 Å². The van der Waals surface area contributed by atoms with Gasteiger partial charge < -0.3 is 5.73 Å². The molecule has 0 spiro atoms. The highest BCUT2D eigenvalue weighted by atomic mass is 14.9. The van der Waals surface area contributed by atoms with Gasteiger partial charge in [-0.3, -0.25) is 4.99 Å². The van der Waals surface area contributed by atoms with Crippen molar-refractivity contribution in [2.75, 3.05) is 0 Å². The number of rotatable bonds is 2. The molecule has 2 heteroatoms. The maximum Gasteiger partial charge on any atom is 0.0972 e. The summed E-state index contributed by atoms with van der Waals surface area (Å²) in [5, 5.41) is 0. The SMILES string of the molecule is CC1(C)CCCCC1N=C(N)C1CCCCC1. The van der Waals surface area contributed by atoms with Gasteiger partial charge in [-0.15, -0.1) is 0 Å². The largest absolute Gasteiger partial charge is 0.387 e. The third-order valence-electron chi connectivity index (χ3n) is 4.78. The Morgan fingerprint density at radius 1 is 1.00 bits per heavy atom. The van der Waals surface area contributed by atoms with Gasteiger partial charge in [0.15, 0.2) is 0 Å². The first-order valence-electron chi connectivity index (χ1n) is 7.43. The van der Waals surface area contributed by atoms with E-state index in [1.807, 2.05) is 0 Å². The summed E-state index contributed by atoms with van der Waals surface area (Å²) < 4.78 is 0. The summed E-state index contributed by atoms with van der Waals surface area (Å²) in [5.41, 5.74) is 6.61. The molecule has 0 heterocycles. The zero-order valence-corrected chi connectivity index (χ0v) is 11.5. The molecular formula is C15H28N2. The molecule has 98 valence electrons. The molecule has 2 fully saturated rings. The molecule has 2 N–H and O–H groups in total. The smallest absolute Gasteiger partial charge is 0.0972 e. The number of hydrogen-bond acceptors (Lipinski definition) is 1. The van der Waals surface area contributed by atoms with E-state index >= 15 is 0 Å². The van der Waals surface area contributed by atoms with E-state index < -0.39 is 0 Å². The van der Waals surface area contributed by atoms with Crippen molar-refractivity contribution >= 4 is 5.84 Å². The fourth-order valence-corrected chi connectivity index (χ4v) is 3.40. The number of nitrogens with two attached hydrogens (primary N) is 1. The Morgan fingerprint density at radius 3 is 2.29 bits per heavy atom. The Balaban J connectivity index is 2.00. The lowest BCUT2D eigenvalue weighted by Gasteiger charge is -2.37. The van der Waals surface area contributed by atoms with Crippen LogP contribution in [0.2, 0.25) is 0 Å². The van der Waals surface area contributed by atoms with Crippen LogP contribution < -0.4 is 5.73 Å². The number of hydrogen-bond donors (Lipinski definition) is 1. The van der Waals surface area contributed by atoms with Crippen LogP contribution in [0.1, 0.15) is 71.6 Å². The Labute approximate surface area is 106 Å². The average molecular weight is 236 g/mol. The molecule has 1 unspecified atom stereocenters. The van der Waals surface area contributed by atoms with Crippen LogP contribution in [-0.4, -0.2) is 11.9 Å². The first kappa shape index (κ1) is 12.9. The number of nitrogens with zero attached hydrogens (tertiary/aromatic N) is 1. The third-order valence-corrected chi connectivity index (χ3v) is 4.78. The second kappa shape index (κ2) is 5.41. The summed E-state index contributed by atoms with van der Waals surface area (Å²) in [6, 6.07) is 0.471. The molecule has 17 heavy (non-hydrogen) atoms. The van der Waals surface area contributed by atoms with E-state index in [4.69, 9.17) is 10.7 Å². The van der Waals surface area contributed by atoms with Crippen molar-refractivity contribution in [3.63, 3.8) is 0 Å². The van der Waals surface area contributed by atoms with E-state index in [2.05, 4.69) is 13.8 Å². The normalized spacial score (nSPS) is 31.4. The molecule has 0 radical (unpaired) electrons. The summed E-state index contributed by atoms with van der Waals surface area (Å²) in [4.78, 5) is 4.91. The molecule has 1 atom stereocenters. The minimum Gasteiger partial charge on any atom is -0.387 e. The molecule has 0 aromatic heterocycles. The van der Waals surface area contributed by atoms with Crippen molar-refractivity contribution in [3.05, 3.63) is 0 Å². The van der Waals surface area contributed by atoms with Gasteiger partial charge in [0.25, 0.3) is 0 Å². The molecule has 2 saturated carbocycles. The van der Waals surface area contributed by atoms with Gasteiger partial charge in [-0.1, -0.05) is 46.0 Å². The maximum atomic E-state index is 6.25. The van der Waals surface area contributed by atoms with Crippen LogP contribution in [0.5, 0.6) is 0 Å². The molecule has 2 rings (SSSR count). The highest BCUT2D eigenvalue weighted by Gasteiger charge is 2.32. The summed E-state index contributed by atoms with van der Waals surface area (Å²) in [6.45, 7) is 4.71. The lowest BCUT2D eigenvalue weighted by atomic mass is 9.73. The summed E-state index contributed by atoms with van der Waals surface area (Å²) in [5.74, 6) is 1.55. The van der Waals surface area contributed by atoms with Gasteiger partial charge in [-0.05, 0) is 31.1 Å². The molecule has 2 nitrogen and oxygen atoms in total. The molecule has 0 amide bonds. The Morgan fingerprint density at radius 2 is 1.65 bits per heavy atom. The van der Waals surface area contributed by atoms with E-state index in [1.54, 1.807) is 0 Å². The third kappa shape index (κ3) is 3.23. The van der Waals surface area contributed by atoms with Gasteiger partial charge in [0.2, 0.25) is 0 Å².